The van der Waals surface area contributed by atoms with Crippen molar-refractivity contribution in [3.63, 3.8) is 0 Å². The van der Waals surface area contributed by atoms with Gasteiger partial charge in [0.2, 0.25) is 0 Å². The molecule has 47 heavy (non-hydrogen) atoms. The molecule has 14 nitrogen and oxygen atoms in total. The Morgan fingerprint density at radius 1 is 1.06 bits per heavy atom. The van der Waals surface area contributed by atoms with Crippen molar-refractivity contribution < 1.29 is 33.6 Å². The molecule has 3 aliphatic rings. The number of likely N-dealkylation sites (tertiary alicyclic amines) is 1. The number of ether oxygens (including phenoxy) is 5. The molecule has 0 bridgehead atoms. The molecule has 1 aromatic carbocycles. The highest BCUT2D eigenvalue weighted by molar-refractivity contribution is 5.69. The van der Waals surface area contributed by atoms with Gasteiger partial charge in [0.25, 0.3) is 0 Å². The van der Waals surface area contributed by atoms with Crippen LogP contribution in [-0.2, 0) is 38.5 Å². The van der Waals surface area contributed by atoms with E-state index in [0.29, 0.717) is 71.8 Å². The summed E-state index contributed by atoms with van der Waals surface area (Å²) in [7, 11) is 2.06. The van der Waals surface area contributed by atoms with Crippen LogP contribution >= 0.6 is 0 Å². The molecule has 2 fully saturated rings. The number of hydrogen-bond donors (Lipinski definition) is 2. The number of carbonyl (C=O) groups excluding carboxylic acids is 1. The van der Waals surface area contributed by atoms with E-state index in [9.17, 15) is 10.1 Å². The van der Waals surface area contributed by atoms with E-state index < -0.39 is 6.09 Å². The fourth-order valence-corrected chi connectivity index (χ4v) is 6.19. The number of rotatable bonds is 16. The lowest BCUT2D eigenvalue weighted by molar-refractivity contribution is -0.0113. The lowest BCUT2D eigenvalue weighted by atomic mass is 10.0. The molecule has 3 atom stereocenters. The number of carbonyl (C=O) groups is 1. The second-order valence-electron chi connectivity index (χ2n) is 12.0. The van der Waals surface area contributed by atoms with E-state index in [1.165, 1.54) is 0 Å². The average molecular weight is 654 g/mol. The Hall–Kier alpha value is -3.58. The lowest BCUT2D eigenvalue weighted by Gasteiger charge is -2.41. The first kappa shape index (κ1) is 34.7. The summed E-state index contributed by atoms with van der Waals surface area (Å²) >= 11 is 0. The SMILES string of the molecule is CN1C[C@H](OCCOCCOCCO)C[C@H]1COc1nc2c(c(N3CCN(C(=O)OCc4ccccc4)[C@@H](CC#N)C3)n1)CCNC2. The third-order valence-corrected chi connectivity index (χ3v) is 8.69. The van der Waals surface area contributed by atoms with Crippen molar-refractivity contribution in [3.8, 4) is 12.1 Å². The van der Waals surface area contributed by atoms with E-state index in [1.807, 2.05) is 30.3 Å². The third kappa shape index (κ3) is 9.96. The van der Waals surface area contributed by atoms with E-state index >= 15 is 0 Å². The van der Waals surface area contributed by atoms with Crippen LogP contribution in [0, 0.1) is 11.3 Å². The molecular weight excluding hydrogens is 606 g/mol. The second-order valence-corrected chi connectivity index (χ2v) is 12.0. The minimum absolute atomic E-state index is 0.0107. The summed E-state index contributed by atoms with van der Waals surface area (Å²) in [5, 5.41) is 21.8. The summed E-state index contributed by atoms with van der Waals surface area (Å²) in [6.45, 7) is 6.56. The standard InChI is InChI=1S/C33H47N7O7/c1-38-22-28(45-18-17-44-16-15-43-14-13-41)19-27(38)24-46-32-36-30-20-35-10-8-29(30)31(37-32)39-11-12-40(26(21-39)7-9-34)33(42)47-23-25-5-3-2-4-6-25/h2-6,26-28,35,41H,7-8,10-24H2,1H3/t26-,27-,28+/m0/s1. The van der Waals surface area contributed by atoms with Crippen molar-refractivity contribution in [1.82, 2.24) is 25.1 Å². The van der Waals surface area contributed by atoms with Crippen LogP contribution in [-0.4, -0.2) is 135 Å². The predicted octanol–water partition coefficient (Wildman–Crippen LogP) is 1.36. The van der Waals surface area contributed by atoms with E-state index in [0.717, 1.165) is 48.6 Å². The quantitative estimate of drug-likeness (QED) is 0.251. The monoisotopic (exact) mass is 653 g/mol. The van der Waals surface area contributed by atoms with Crippen LogP contribution in [0.25, 0.3) is 0 Å². The maximum absolute atomic E-state index is 13.1. The van der Waals surface area contributed by atoms with Crippen molar-refractivity contribution in [2.24, 2.45) is 0 Å². The van der Waals surface area contributed by atoms with Gasteiger partial charge in [-0.25, -0.2) is 4.79 Å². The Morgan fingerprint density at radius 3 is 2.68 bits per heavy atom. The van der Waals surface area contributed by atoms with Crippen LogP contribution in [0.1, 0.15) is 29.7 Å². The van der Waals surface area contributed by atoms with Crippen LogP contribution in [0.2, 0.25) is 0 Å². The van der Waals surface area contributed by atoms with Gasteiger partial charge in [0.1, 0.15) is 19.0 Å². The number of likely N-dealkylation sites (N-methyl/N-ethyl adjacent to an activating group) is 1. The van der Waals surface area contributed by atoms with Crippen LogP contribution < -0.4 is 15.0 Å². The number of amides is 1. The predicted molar refractivity (Wildman–Crippen MR) is 172 cm³/mol. The van der Waals surface area contributed by atoms with Gasteiger partial charge in [-0.1, -0.05) is 30.3 Å². The Morgan fingerprint density at radius 2 is 1.87 bits per heavy atom. The van der Waals surface area contributed by atoms with Gasteiger partial charge in [-0.05, 0) is 32.0 Å². The number of anilines is 1. The highest BCUT2D eigenvalue weighted by atomic mass is 16.6. The maximum Gasteiger partial charge on any atom is 0.410 e. The Balaban J connectivity index is 1.16. The van der Waals surface area contributed by atoms with Crippen molar-refractivity contribution in [1.29, 1.82) is 5.26 Å². The molecule has 2 aromatic rings. The van der Waals surface area contributed by atoms with Gasteiger partial charge in [-0.2, -0.15) is 15.2 Å². The van der Waals surface area contributed by atoms with Crippen molar-refractivity contribution in [2.45, 2.75) is 50.6 Å². The van der Waals surface area contributed by atoms with Gasteiger partial charge >= 0.3 is 12.1 Å². The zero-order chi connectivity index (χ0) is 32.8. The molecule has 1 aromatic heterocycles. The molecular formula is C33H47N7O7. The van der Waals surface area contributed by atoms with Gasteiger partial charge in [0.15, 0.2) is 0 Å². The number of nitrogens with zero attached hydrogens (tertiary/aromatic N) is 6. The number of hydrogen-bond acceptors (Lipinski definition) is 13. The number of fused-ring (bicyclic) bond motifs is 1. The van der Waals surface area contributed by atoms with Crippen LogP contribution in [0.5, 0.6) is 6.01 Å². The molecule has 256 valence electrons. The summed E-state index contributed by atoms with van der Waals surface area (Å²) in [5.41, 5.74) is 2.92. The molecule has 0 aliphatic carbocycles. The summed E-state index contributed by atoms with van der Waals surface area (Å²) in [6, 6.07) is 12.0. The lowest BCUT2D eigenvalue weighted by Crippen LogP contribution is -2.55. The number of piperazine rings is 1. The van der Waals surface area contributed by atoms with Crippen molar-refractivity contribution in [3.05, 3.63) is 47.2 Å². The maximum atomic E-state index is 13.1. The Bertz CT molecular complexity index is 1310. The smallest absolute Gasteiger partial charge is 0.410 e. The van der Waals surface area contributed by atoms with Crippen molar-refractivity contribution in [2.75, 3.05) is 90.9 Å². The van der Waals surface area contributed by atoms with Crippen LogP contribution in [0.15, 0.2) is 30.3 Å². The molecule has 0 spiro atoms. The van der Waals surface area contributed by atoms with Gasteiger partial charge in [-0.3, -0.25) is 4.90 Å². The fourth-order valence-electron chi connectivity index (χ4n) is 6.19. The van der Waals surface area contributed by atoms with Crippen molar-refractivity contribution >= 4 is 11.9 Å². The van der Waals surface area contributed by atoms with Gasteiger partial charge in [-0.15, -0.1) is 0 Å². The zero-order valence-corrected chi connectivity index (χ0v) is 27.2. The minimum atomic E-state index is -0.411. The molecule has 14 heteroatoms. The van der Waals surface area contributed by atoms with Gasteiger partial charge in [0, 0.05) is 44.3 Å². The minimum Gasteiger partial charge on any atom is -0.462 e. The number of nitriles is 1. The van der Waals surface area contributed by atoms with Crippen LogP contribution in [0.4, 0.5) is 10.6 Å². The van der Waals surface area contributed by atoms with E-state index in [4.69, 9.17) is 38.8 Å². The number of nitrogens with one attached hydrogen (secondary N) is 1. The largest absolute Gasteiger partial charge is 0.462 e. The topological polar surface area (TPSA) is 155 Å². The number of aromatic nitrogens is 2. The molecule has 2 saturated heterocycles. The number of aliphatic hydroxyl groups excluding tert-OH is 1. The molecule has 4 heterocycles. The molecule has 3 aliphatic heterocycles. The molecule has 2 N–H and O–H groups in total. The van der Waals surface area contributed by atoms with E-state index in [-0.39, 0.29) is 37.8 Å². The highest BCUT2D eigenvalue weighted by Crippen LogP contribution is 2.29. The Labute approximate surface area is 276 Å². The molecule has 0 unspecified atom stereocenters. The average Bonchev–Trinajstić information content (AvgIpc) is 3.46. The first-order valence-corrected chi connectivity index (χ1v) is 16.5. The summed E-state index contributed by atoms with van der Waals surface area (Å²) in [5.74, 6) is 0.814. The van der Waals surface area contributed by atoms with E-state index in [2.05, 4.69) is 28.2 Å². The molecule has 1 amide bonds. The fraction of sp³-hybridized carbons (Fsp3) is 0.636. The Kier molecular flexibility index (Phi) is 13.4. The first-order chi connectivity index (χ1) is 23.1. The zero-order valence-electron chi connectivity index (χ0n) is 27.2. The summed E-state index contributed by atoms with van der Waals surface area (Å²) in [6.07, 6.45) is 1.48. The van der Waals surface area contributed by atoms with E-state index in [1.54, 1.807) is 4.90 Å². The highest BCUT2D eigenvalue weighted by Gasteiger charge is 2.35. The van der Waals surface area contributed by atoms with Gasteiger partial charge < -0.3 is 43.9 Å². The van der Waals surface area contributed by atoms with Gasteiger partial charge in [0.05, 0.1) is 70.0 Å². The number of benzene rings is 1. The number of aliphatic hydroxyl groups is 1. The first-order valence-electron chi connectivity index (χ1n) is 16.5. The summed E-state index contributed by atoms with van der Waals surface area (Å²) < 4.78 is 28.6. The third-order valence-electron chi connectivity index (χ3n) is 8.69. The molecule has 0 radical (unpaired) electrons. The second kappa shape index (κ2) is 18.1. The molecule has 0 saturated carbocycles. The van der Waals surface area contributed by atoms with Crippen LogP contribution in [0.3, 0.4) is 0 Å². The molecule has 5 rings (SSSR count). The normalized spacial score (nSPS) is 21.3. The summed E-state index contributed by atoms with van der Waals surface area (Å²) in [4.78, 5) is 28.8.